The number of benzene rings is 1. The molecule has 2 fully saturated rings. The van der Waals surface area contributed by atoms with Gasteiger partial charge in [0.25, 0.3) is 0 Å². The number of likely N-dealkylation sites (tertiary alicyclic amines) is 1. The van der Waals surface area contributed by atoms with Crippen molar-refractivity contribution < 1.29 is 4.79 Å². The predicted octanol–water partition coefficient (Wildman–Crippen LogP) is 3.83. The Bertz CT molecular complexity index is 474. The molecule has 2 aliphatic rings. The van der Waals surface area contributed by atoms with Gasteiger partial charge in [0.1, 0.15) is 0 Å². The standard InChI is InChI=1S/C20H30N2O/c23-20(17-21-14-8-1-2-9-15-21)22(19-12-6-7-13-19)16-18-10-4-3-5-11-18/h3-5,10-11,19H,1-2,6-9,12-17H2. The van der Waals surface area contributed by atoms with Crippen LogP contribution in [0.4, 0.5) is 0 Å². The second-order valence-corrected chi connectivity index (χ2v) is 7.14. The summed E-state index contributed by atoms with van der Waals surface area (Å²) in [6.45, 7) is 3.58. The molecule has 0 radical (unpaired) electrons. The molecule has 1 aliphatic heterocycles. The van der Waals surface area contributed by atoms with Crippen molar-refractivity contribution in [2.75, 3.05) is 19.6 Å². The van der Waals surface area contributed by atoms with Crippen LogP contribution in [0.3, 0.4) is 0 Å². The van der Waals surface area contributed by atoms with Crippen molar-refractivity contribution in [2.45, 2.75) is 64.0 Å². The van der Waals surface area contributed by atoms with Gasteiger partial charge in [0, 0.05) is 12.6 Å². The Morgan fingerprint density at radius 3 is 2.26 bits per heavy atom. The molecule has 1 aromatic carbocycles. The van der Waals surface area contributed by atoms with Crippen LogP contribution in [0.2, 0.25) is 0 Å². The van der Waals surface area contributed by atoms with E-state index in [1.807, 2.05) is 6.07 Å². The SMILES string of the molecule is O=C(CN1CCCCCC1)N(Cc1ccccc1)C1CCCC1. The number of hydrogen-bond donors (Lipinski definition) is 0. The molecule has 1 saturated heterocycles. The Labute approximate surface area is 140 Å². The summed E-state index contributed by atoms with van der Waals surface area (Å²) in [5.41, 5.74) is 1.25. The molecule has 1 saturated carbocycles. The number of rotatable bonds is 5. The molecule has 0 unspecified atom stereocenters. The normalized spacial score (nSPS) is 20.3. The number of amides is 1. The molecular weight excluding hydrogens is 284 g/mol. The maximum Gasteiger partial charge on any atom is 0.237 e. The highest BCUT2D eigenvalue weighted by atomic mass is 16.2. The van der Waals surface area contributed by atoms with Gasteiger partial charge in [0.2, 0.25) is 5.91 Å². The average molecular weight is 314 g/mol. The average Bonchev–Trinajstić information content (AvgIpc) is 2.98. The molecule has 0 aromatic heterocycles. The van der Waals surface area contributed by atoms with E-state index < -0.39 is 0 Å². The van der Waals surface area contributed by atoms with Crippen molar-refractivity contribution in [3.8, 4) is 0 Å². The Kier molecular flexibility index (Phi) is 6.09. The minimum absolute atomic E-state index is 0.336. The smallest absolute Gasteiger partial charge is 0.237 e. The van der Waals surface area contributed by atoms with Gasteiger partial charge in [0.15, 0.2) is 0 Å². The molecule has 1 aromatic rings. The van der Waals surface area contributed by atoms with Crippen molar-refractivity contribution in [2.24, 2.45) is 0 Å². The largest absolute Gasteiger partial charge is 0.334 e. The summed E-state index contributed by atoms with van der Waals surface area (Å²) in [6.07, 6.45) is 10.0. The Balaban J connectivity index is 1.65. The minimum atomic E-state index is 0.336. The first-order chi connectivity index (χ1) is 11.3. The summed E-state index contributed by atoms with van der Waals surface area (Å²) >= 11 is 0. The molecule has 0 N–H and O–H groups in total. The first kappa shape index (κ1) is 16.5. The Hall–Kier alpha value is -1.35. The van der Waals surface area contributed by atoms with E-state index in [1.54, 1.807) is 0 Å². The Morgan fingerprint density at radius 1 is 0.957 bits per heavy atom. The molecule has 0 bridgehead atoms. The van der Waals surface area contributed by atoms with Crippen molar-refractivity contribution in [3.05, 3.63) is 35.9 Å². The first-order valence-corrected chi connectivity index (χ1v) is 9.39. The zero-order valence-electron chi connectivity index (χ0n) is 14.3. The second-order valence-electron chi connectivity index (χ2n) is 7.14. The van der Waals surface area contributed by atoms with E-state index in [1.165, 1.54) is 56.9 Å². The van der Waals surface area contributed by atoms with Crippen LogP contribution in [0.25, 0.3) is 0 Å². The van der Waals surface area contributed by atoms with Gasteiger partial charge in [-0.3, -0.25) is 9.69 Å². The fourth-order valence-electron chi connectivity index (χ4n) is 3.99. The van der Waals surface area contributed by atoms with Crippen molar-refractivity contribution in [1.29, 1.82) is 0 Å². The van der Waals surface area contributed by atoms with E-state index in [0.29, 0.717) is 18.5 Å². The molecular formula is C20H30N2O. The van der Waals surface area contributed by atoms with Crippen LogP contribution < -0.4 is 0 Å². The topological polar surface area (TPSA) is 23.6 Å². The Morgan fingerprint density at radius 2 is 1.61 bits per heavy atom. The van der Waals surface area contributed by atoms with Crippen LogP contribution in [0.15, 0.2) is 30.3 Å². The number of hydrogen-bond acceptors (Lipinski definition) is 2. The van der Waals surface area contributed by atoms with Gasteiger partial charge in [-0.25, -0.2) is 0 Å². The van der Waals surface area contributed by atoms with Crippen LogP contribution in [0.5, 0.6) is 0 Å². The number of nitrogens with zero attached hydrogens (tertiary/aromatic N) is 2. The molecule has 3 heteroatoms. The van der Waals surface area contributed by atoms with Crippen molar-refractivity contribution in [1.82, 2.24) is 9.80 Å². The van der Waals surface area contributed by atoms with Gasteiger partial charge in [-0.05, 0) is 44.3 Å². The third kappa shape index (κ3) is 4.81. The third-order valence-electron chi connectivity index (χ3n) is 5.34. The minimum Gasteiger partial charge on any atom is -0.334 e. The van der Waals surface area contributed by atoms with Crippen LogP contribution in [0, 0.1) is 0 Å². The van der Waals surface area contributed by atoms with Gasteiger partial charge >= 0.3 is 0 Å². The lowest BCUT2D eigenvalue weighted by Gasteiger charge is -2.31. The third-order valence-corrected chi connectivity index (χ3v) is 5.34. The summed E-state index contributed by atoms with van der Waals surface area (Å²) in [7, 11) is 0. The maximum absolute atomic E-state index is 13.0. The van der Waals surface area contributed by atoms with Gasteiger partial charge in [0.05, 0.1) is 6.54 Å². The number of carbonyl (C=O) groups is 1. The van der Waals surface area contributed by atoms with Gasteiger partial charge in [-0.2, -0.15) is 0 Å². The molecule has 23 heavy (non-hydrogen) atoms. The first-order valence-electron chi connectivity index (χ1n) is 9.39. The summed E-state index contributed by atoms with van der Waals surface area (Å²) in [4.78, 5) is 17.6. The van der Waals surface area contributed by atoms with Crippen LogP contribution in [0.1, 0.15) is 56.9 Å². The fraction of sp³-hybridized carbons (Fsp3) is 0.650. The lowest BCUT2D eigenvalue weighted by atomic mass is 10.1. The maximum atomic E-state index is 13.0. The molecule has 1 heterocycles. The summed E-state index contributed by atoms with van der Waals surface area (Å²) in [5, 5.41) is 0. The van der Waals surface area contributed by atoms with E-state index in [9.17, 15) is 4.79 Å². The van der Waals surface area contributed by atoms with Gasteiger partial charge < -0.3 is 4.90 Å². The van der Waals surface area contributed by atoms with Crippen LogP contribution >= 0.6 is 0 Å². The van der Waals surface area contributed by atoms with Crippen LogP contribution in [-0.4, -0.2) is 41.4 Å². The van der Waals surface area contributed by atoms with Gasteiger partial charge in [-0.1, -0.05) is 56.0 Å². The monoisotopic (exact) mass is 314 g/mol. The lowest BCUT2D eigenvalue weighted by Crippen LogP contribution is -2.44. The molecule has 1 aliphatic carbocycles. The lowest BCUT2D eigenvalue weighted by molar-refractivity contribution is -0.135. The van der Waals surface area contributed by atoms with Crippen LogP contribution in [-0.2, 0) is 11.3 Å². The summed E-state index contributed by atoms with van der Waals surface area (Å²) in [5.74, 6) is 0.336. The number of carbonyl (C=O) groups excluding carboxylic acids is 1. The van der Waals surface area contributed by atoms with E-state index >= 15 is 0 Å². The van der Waals surface area contributed by atoms with Gasteiger partial charge in [-0.15, -0.1) is 0 Å². The van der Waals surface area contributed by atoms with Crippen molar-refractivity contribution in [3.63, 3.8) is 0 Å². The zero-order chi connectivity index (χ0) is 15.9. The highest BCUT2D eigenvalue weighted by Crippen LogP contribution is 2.25. The van der Waals surface area contributed by atoms with E-state index in [4.69, 9.17) is 0 Å². The van der Waals surface area contributed by atoms with Crippen molar-refractivity contribution >= 4 is 5.91 Å². The highest BCUT2D eigenvalue weighted by Gasteiger charge is 2.27. The summed E-state index contributed by atoms with van der Waals surface area (Å²) in [6, 6.07) is 10.9. The molecule has 126 valence electrons. The molecule has 3 rings (SSSR count). The highest BCUT2D eigenvalue weighted by molar-refractivity contribution is 5.78. The van der Waals surface area contributed by atoms with E-state index in [2.05, 4.69) is 34.1 Å². The second kappa shape index (κ2) is 8.49. The molecule has 1 amide bonds. The zero-order valence-corrected chi connectivity index (χ0v) is 14.3. The van der Waals surface area contributed by atoms with E-state index in [0.717, 1.165) is 19.6 Å². The van der Waals surface area contributed by atoms with E-state index in [-0.39, 0.29) is 0 Å². The quantitative estimate of drug-likeness (QED) is 0.824. The molecule has 0 atom stereocenters. The molecule has 0 spiro atoms. The molecule has 3 nitrogen and oxygen atoms in total. The summed E-state index contributed by atoms with van der Waals surface area (Å²) < 4.78 is 0. The fourth-order valence-corrected chi connectivity index (χ4v) is 3.99. The predicted molar refractivity (Wildman–Crippen MR) is 94.2 cm³/mol.